The summed E-state index contributed by atoms with van der Waals surface area (Å²) in [5, 5.41) is 3.52. The fourth-order valence-electron chi connectivity index (χ4n) is 2.32. The Morgan fingerprint density at radius 2 is 2.38 bits per heavy atom. The fourth-order valence-corrected chi connectivity index (χ4v) is 2.32. The van der Waals surface area contributed by atoms with E-state index in [1.165, 1.54) is 0 Å². The van der Waals surface area contributed by atoms with E-state index in [0.29, 0.717) is 11.5 Å². The van der Waals surface area contributed by atoms with Gasteiger partial charge in [-0.1, -0.05) is 13.8 Å². The summed E-state index contributed by atoms with van der Waals surface area (Å²) in [4.78, 5) is 2.50. The molecule has 1 N–H and O–H groups in total. The Hall–Kier alpha value is -0.800. The third kappa shape index (κ3) is 2.86. The third-order valence-corrected chi connectivity index (χ3v) is 3.24. The first kappa shape index (κ1) is 11.7. The van der Waals surface area contributed by atoms with Crippen LogP contribution in [0.5, 0.6) is 0 Å². The van der Waals surface area contributed by atoms with Crippen molar-refractivity contribution in [3.8, 4) is 0 Å². The molecule has 0 saturated carbocycles. The lowest BCUT2D eigenvalue weighted by Gasteiger charge is -2.31. The van der Waals surface area contributed by atoms with Gasteiger partial charge < -0.3 is 9.73 Å². The molecule has 0 amide bonds. The highest BCUT2D eigenvalue weighted by atomic mass is 16.3. The van der Waals surface area contributed by atoms with Crippen molar-refractivity contribution in [2.45, 2.75) is 33.4 Å². The Balaban J connectivity index is 2.05. The van der Waals surface area contributed by atoms with Gasteiger partial charge in [-0.3, -0.25) is 4.90 Å². The van der Waals surface area contributed by atoms with Crippen LogP contribution < -0.4 is 5.32 Å². The van der Waals surface area contributed by atoms with Gasteiger partial charge in [0.15, 0.2) is 0 Å². The second-order valence-corrected chi connectivity index (χ2v) is 5.63. The fraction of sp³-hybridized carbons (Fsp3) is 0.692. The van der Waals surface area contributed by atoms with E-state index in [1.807, 2.05) is 6.07 Å². The summed E-state index contributed by atoms with van der Waals surface area (Å²) in [5.74, 6) is 1.06. The molecule has 0 aliphatic carbocycles. The summed E-state index contributed by atoms with van der Waals surface area (Å²) in [5.41, 5.74) is 0.331. The molecule has 1 atom stereocenters. The summed E-state index contributed by atoms with van der Waals surface area (Å²) >= 11 is 0. The average Bonchev–Trinajstić information content (AvgIpc) is 2.64. The molecule has 90 valence electrons. The van der Waals surface area contributed by atoms with Crippen molar-refractivity contribution >= 4 is 0 Å². The van der Waals surface area contributed by atoms with Crippen LogP contribution in [-0.2, 0) is 6.54 Å². The minimum Gasteiger partial charge on any atom is -0.468 e. The van der Waals surface area contributed by atoms with Crippen LogP contribution in [0, 0.1) is 5.41 Å². The molecular weight excluding hydrogens is 200 g/mol. The molecular formula is C13H22N2O. The van der Waals surface area contributed by atoms with Crippen molar-refractivity contribution in [2.24, 2.45) is 5.41 Å². The van der Waals surface area contributed by atoms with Gasteiger partial charge in [0.05, 0.1) is 12.8 Å². The molecule has 1 aromatic heterocycles. The standard InChI is InChI=1S/C13H22N2O/c1-11-7-14-9-13(2,3)10-15(11)8-12-5-4-6-16-12/h4-6,11,14H,7-10H2,1-3H3. The molecule has 1 saturated heterocycles. The lowest BCUT2D eigenvalue weighted by atomic mass is 9.93. The van der Waals surface area contributed by atoms with E-state index < -0.39 is 0 Å². The summed E-state index contributed by atoms with van der Waals surface area (Å²) in [6, 6.07) is 4.58. The molecule has 16 heavy (non-hydrogen) atoms. The van der Waals surface area contributed by atoms with Gasteiger partial charge in [0, 0.05) is 25.7 Å². The van der Waals surface area contributed by atoms with Crippen molar-refractivity contribution in [1.82, 2.24) is 10.2 Å². The Labute approximate surface area is 97.8 Å². The molecule has 0 aromatic carbocycles. The van der Waals surface area contributed by atoms with E-state index >= 15 is 0 Å². The number of furan rings is 1. The highest BCUT2D eigenvalue weighted by molar-refractivity contribution is 4.99. The van der Waals surface area contributed by atoms with Crippen molar-refractivity contribution in [1.29, 1.82) is 0 Å². The van der Waals surface area contributed by atoms with Crippen LogP contribution in [0.4, 0.5) is 0 Å². The summed E-state index contributed by atoms with van der Waals surface area (Å²) in [6.07, 6.45) is 1.75. The molecule has 1 fully saturated rings. The maximum atomic E-state index is 5.43. The summed E-state index contributed by atoms with van der Waals surface area (Å²) < 4.78 is 5.43. The van der Waals surface area contributed by atoms with Crippen LogP contribution in [0.15, 0.2) is 22.8 Å². The van der Waals surface area contributed by atoms with Gasteiger partial charge in [0.25, 0.3) is 0 Å². The van der Waals surface area contributed by atoms with E-state index in [4.69, 9.17) is 4.42 Å². The average molecular weight is 222 g/mol. The normalized spacial score (nSPS) is 26.6. The van der Waals surface area contributed by atoms with Gasteiger partial charge in [-0.2, -0.15) is 0 Å². The van der Waals surface area contributed by atoms with Crippen LogP contribution in [0.1, 0.15) is 26.5 Å². The molecule has 3 nitrogen and oxygen atoms in total. The van der Waals surface area contributed by atoms with E-state index in [9.17, 15) is 0 Å². The minimum atomic E-state index is 0.331. The highest BCUT2D eigenvalue weighted by Gasteiger charge is 2.28. The van der Waals surface area contributed by atoms with Gasteiger partial charge in [0.1, 0.15) is 5.76 Å². The lowest BCUT2D eigenvalue weighted by molar-refractivity contribution is 0.147. The Kier molecular flexibility index (Phi) is 3.36. The molecule has 1 aliphatic rings. The molecule has 2 heterocycles. The van der Waals surface area contributed by atoms with Crippen molar-refractivity contribution in [3.63, 3.8) is 0 Å². The van der Waals surface area contributed by atoms with E-state index in [0.717, 1.165) is 31.9 Å². The summed E-state index contributed by atoms with van der Waals surface area (Å²) in [6.45, 7) is 11.1. The number of hydrogen-bond donors (Lipinski definition) is 1. The van der Waals surface area contributed by atoms with Gasteiger partial charge >= 0.3 is 0 Å². The predicted molar refractivity (Wildman–Crippen MR) is 65.2 cm³/mol. The SMILES string of the molecule is CC1CNCC(C)(C)CN1Cc1ccco1. The topological polar surface area (TPSA) is 28.4 Å². The minimum absolute atomic E-state index is 0.331. The zero-order valence-corrected chi connectivity index (χ0v) is 10.5. The van der Waals surface area contributed by atoms with Crippen LogP contribution in [0.25, 0.3) is 0 Å². The maximum absolute atomic E-state index is 5.43. The number of nitrogens with zero attached hydrogens (tertiary/aromatic N) is 1. The lowest BCUT2D eigenvalue weighted by Crippen LogP contribution is -2.39. The van der Waals surface area contributed by atoms with Crippen LogP contribution in [-0.4, -0.2) is 30.6 Å². The zero-order chi connectivity index (χ0) is 11.6. The molecule has 3 heteroatoms. The van der Waals surface area contributed by atoms with Crippen molar-refractivity contribution < 1.29 is 4.42 Å². The molecule has 1 unspecified atom stereocenters. The van der Waals surface area contributed by atoms with E-state index in [1.54, 1.807) is 6.26 Å². The smallest absolute Gasteiger partial charge is 0.117 e. The second kappa shape index (κ2) is 4.60. The largest absolute Gasteiger partial charge is 0.468 e. The van der Waals surface area contributed by atoms with E-state index in [2.05, 4.69) is 37.1 Å². The second-order valence-electron chi connectivity index (χ2n) is 5.63. The monoisotopic (exact) mass is 222 g/mol. The van der Waals surface area contributed by atoms with Crippen molar-refractivity contribution in [3.05, 3.63) is 24.2 Å². The molecule has 1 aromatic rings. The van der Waals surface area contributed by atoms with Gasteiger partial charge in [-0.05, 0) is 24.5 Å². The van der Waals surface area contributed by atoms with E-state index in [-0.39, 0.29) is 0 Å². The molecule has 0 bridgehead atoms. The number of nitrogens with one attached hydrogen (secondary N) is 1. The number of hydrogen-bond acceptors (Lipinski definition) is 3. The Morgan fingerprint density at radius 1 is 1.56 bits per heavy atom. The van der Waals surface area contributed by atoms with Crippen LogP contribution in [0.2, 0.25) is 0 Å². The third-order valence-electron chi connectivity index (χ3n) is 3.24. The first-order valence-corrected chi connectivity index (χ1v) is 6.04. The van der Waals surface area contributed by atoms with Crippen molar-refractivity contribution in [2.75, 3.05) is 19.6 Å². The molecule has 0 radical (unpaired) electrons. The first-order valence-electron chi connectivity index (χ1n) is 6.04. The molecule has 0 spiro atoms. The van der Waals surface area contributed by atoms with Gasteiger partial charge in [0.2, 0.25) is 0 Å². The zero-order valence-electron chi connectivity index (χ0n) is 10.5. The van der Waals surface area contributed by atoms with Crippen LogP contribution in [0.3, 0.4) is 0 Å². The molecule has 2 rings (SSSR count). The van der Waals surface area contributed by atoms with Gasteiger partial charge in [-0.25, -0.2) is 0 Å². The Morgan fingerprint density at radius 3 is 3.06 bits per heavy atom. The summed E-state index contributed by atoms with van der Waals surface area (Å²) in [7, 11) is 0. The van der Waals surface area contributed by atoms with Crippen LogP contribution >= 0.6 is 0 Å². The predicted octanol–water partition coefficient (Wildman–Crippen LogP) is 2.10. The number of rotatable bonds is 2. The first-order chi connectivity index (χ1) is 7.57. The van der Waals surface area contributed by atoms with Gasteiger partial charge in [-0.15, -0.1) is 0 Å². The Bertz CT molecular complexity index is 319. The quantitative estimate of drug-likeness (QED) is 0.830. The molecule has 1 aliphatic heterocycles. The maximum Gasteiger partial charge on any atom is 0.117 e. The highest BCUT2D eigenvalue weighted by Crippen LogP contribution is 2.22.